The Morgan fingerprint density at radius 1 is 1.33 bits per heavy atom. The molecule has 1 aliphatic rings. The van der Waals surface area contributed by atoms with Crippen LogP contribution in [0, 0.1) is 11.6 Å². The molecule has 0 bridgehead atoms. The molecule has 2 amide bonds. The van der Waals surface area contributed by atoms with E-state index < -0.39 is 40.2 Å². The standard InChI is InChI=1S/C22H20F2N4O4S/c1-22(21(32)25-2)10-27(3)20(31)16-18(30)17(29)14(9-28(16)22)19-26-8-13(33-19)6-11-4-5-12(23)7-15(11)24/h4-5,7-9,30H,6,10H2,1-3H3,(H,25,32). The molecule has 8 nitrogen and oxygen atoms in total. The highest BCUT2D eigenvalue weighted by atomic mass is 32.1. The summed E-state index contributed by atoms with van der Waals surface area (Å²) in [5.74, 6) is -3.16. The van der Waals surface area contributed by atoms with Crippen molar-refractivity contribution in [2.75, 3.05) is 20.6 Å². The zero-order valence-corrected chi connectivity index (χ0v) is 18.8. The van der Waals surface area contributed by atoms with Gasteiger partial charge in [-0.25, -0.2) is 13.8 Å². The first-order valence-electron chi connectivity index (χ1n) is 9.92. The molecule has 2 N–H and O–H groups in total. The van der Waals surface area contributed by atoms with Gasteiger partial charge in [0.05, 0.1) is 12.1 Å². The minimum absolute atomic E-state index is 0.000408. The Morgan fingerprint density at radius 3 is 2.73 bits per heavy atom. The molecule has 172 valence electrons. The van der Waals surface area contributed by atoms with E-state index in [2.05, 4.69) is 10.3 Å². The molecule has 33 heavy (non-hydrogen) atoms. The normalized spacial score (nSPS) is 17.7. The van der Waals surface area contributed by atoms with Crippen LogP contribution >= 0.6 is 11.3 Å². The maximum Gasteiger partial charge on any atom is 0.274 e. The number of carbonyl (C=O) groups excluding carboxylic acids is 2. The van der Waals surface area contributed by atoms with Crippen molar-refractivity contribution in [1.29, 1.82) is 0 Å². The second-order valence-corrected chi connectivity index (χ2v) is 9.11. The quantitative estimate of drug-likeness (QED) is 0.603. The molecular weight excluding hydrogens is 454 g/mol. The number of nitrogens with zero attached hydrogens (tertiary/aromatic N) is 3. The van der Waals surface area contributed by atoms with Crippen molar-refractivity contribution in [3.63, 3.8) is 0 Å². The monoisotopic (exact) mass is 474 g/mol. The van der Waals surface area contributed by atoms with Crippen LogP contribution in [0.4, 0.5) is 8.78 Å². The van der Waals surface area contributed by atoms with Gasteiger partial charge in [0.25, 0.3) is 5.91 Å². The highest BCUT2D eigenvalue weighted by Crippen LogP contribution is 2.34. The third-order valence-corrected chi connectivity index (χ3v) is 6.72. The number of likely N-dealkylation sites (N-methyl/N-ethyl adjacent to an activating group) is 2. The summed E-state index contributed by atoms with van der Waals surface area (Å²) in [6, 6.07) is 3.28. The lowest BCUT2D eigenvalue weighted by Gasteiger charge is -2.40. The van der Waals surface area contributed by atoms with Gasteiger partial charge in [-0.3, -0.25) is 14.4 Å². The van der Waals surface area contributed by atoms with Crippen LogP contribution in [0.2, 0.25) is 0 Å². The first-order valence-corrected chi connectivity index (χ1v) is 10.7. The van der Waals surface area contributed by atoms with Crippen LogP contribution in [-0.4, -0.2) is 52.0 Å². The zero-order valence-electron chi connectivity index (χ0n) is 18.0. The van der Waals surface area contributed by atoms with Crippen LogP contribution in [-0.2, 0) is 16.8 Å². The van der Waals surface area contributed by atoms with E-state index in [9.17, 15) is 28.3 Å². The van der Waals surface area contributed by atoms with E-state index in [1.807, 2.05) is 0 Å². The number of hydrogen-bond acceptors (Lipinski definition) is 6. The third kappa shape index (κ3) is 3.67. The minimum Gasteiger partial charge on any atom is -0.503 e. The van der Waals surface area contributed by atoms with E-state index in [4.69, 9.17) is 0 Å². The van der Waals surface area contributed by atoms with Gasteiger partial charge in [-0.15, -0.1) is 11.3 Å². The number of rotatable bonds is 4. The summed E-state index contributed by atoms with van der Waals surface area (Å²) >= 11 is 1.09. The van der Waals surface area contributed by atoms with E-state index in [1.54, 1.807) is 6.92 Å². The smallest absolute Gasteiger partial charge is 0.274 e. The van der Waals surface area contributed by atoms with Gasteiger partial charge in [-0.2, -0.15) is 0 Å². The summed E-state index contributed by atoms with van der Waals surface area (Å²) in [6.07, 6.45) is 2.93. The summed E-state index contributed by atoms with van der Waals surface area (Å²) in [5, 5.41) is 13.4. The predicted molar refractivity (Wildman–Crippen MR) is 117 cm³/mol. The van der Waals surface area contributed by atoms with Crippen LogP contribution in [0.5, 0.6) is 5.75 Å². The summed E-state index contributed by atoms with van der Waals surface area (Å²) in [7, 11) is 2.93. The molecule has 1 unspecified atom stereocenters. The number of aromatic nitrogens is 2. The number of thiazole rings is 1. The summed E-state index contributed by atoms with van der Waals surface area (Å²) in [6.45, 7) is 1.61. The molecule has 2 aromatic heterocycles. The van der Waals surface area contributed by atoms with Gasteiger partial charge in [0.2, 0.25) is 11.3 Å². The predicted octanol–water partition coefficient (Wildman–Crippen LogP) is 2.09. The lowest BCUT2D eigenvalue weighted by atomic mass is 9.94. The molecule has 0 saturated heterocycles. The zero-order chi connectivity index (χ0) is 24.1. The molecule has 1 aliphatic heterocycles. The molecule has 0 fully saturated rings. The molecule has 0 aliphatic carbocycles. The minimum atomic E-state index is -1.29. The van der Waals surface area contributed by atoms with E-state index in [1.165, 1.54) is 42.0 Å². The molecule has 0 radical (unpaired) electrons. The number of hydrogen-bond donors (Lipinski definition) is 2. The van der Waals surface area contributed by atoms with Crippen LogP contribution in [0.15, 0.2) is 35.4 Å². The van der Waals surface area contributed by atoms with Crippen molar-refractivity contribution >= 4 is 23.2 Å². The second kappa shape index (κ2) is 8.07. The SMILES string of the molecule is CNC(=O)C1(C)CN(C)C(=O)c2c(O)c(=O)c(-c3ncc(Cc4ccc(F)cc4F)s3)cn21. The number of amides is 2. The van der Waals surface area contributed by atoms with Gasteiger partial charge < -0.3 is 19.9 Å². The number of halogens is 2. The third-order valence-electron chi connectivity index (χ3n) is 5.69. The van der Waals surface area contributed by atoms with Crippen molar-refractivity contribution < 1.29 is 23.5 Å². The summed E-state index contributed by atoms with van der Waals surface area (Å²) in [4.78, 5) is 44.4. The first-order chi connectivity index (χ1) is 15.6. The molecule has 3 aromatic rings. The Bertz CT molecular complexity index is 1350. The van der Waals surface area contributed by atoms with Gasteiger partial charge in [0.1, 0.15) is 22.2 Å². The van der Waals surface area contributed by atoms with Gasteiger partial charge in [-0.05, 0) is 18.6 Å². The Hall–Kier alpha value is -3.60. The van der Waals surface area contributed by atoms with Crippen molar-refractivity contribution in [2.45, 2.75) is 18.9 Å². The Balaban J connectivity index is 1.82. The fourth-order valence-electron chi connectivity index (χ4n) is 3.95. The van der Waals surface area contributed by atoms with Gasteiger partial charge in [-0.1, -0.05) is 6.07 Å². The van der Waals surface area contributed by atoms with Gasteiger partial charge in [0, 0.05) is 43.9 Å². The largest absolute Gasteiger partial charge is 0.503 e. The Labute approximate surface area is 191 Å². The van der Waals surface area contributed by atoms with Gasteiger partial charge >= 0.3 is 0 Å². The number of carbonyl (C=O) groups is 2. The fourth-order valence-corrected chi connectivity index (χ4v) is 4.90. The molecular formula is C22H20F2N4O4S. The van der Waals surface area contributed by atoms with E-state index in [0.717, 1.165) is 23.5 Å². The first kappa shape index (κ1) is 22.6. The lowest BCUT2D eigenvalue weighted by Crippen LogP contribution is -2.58. The number of fused-ring (bicyclic) bond motifs is 1. The van der Waals surface area contributed by atoms with Crippen LogP contribution in [0.1, 0.15) is 27.9 Å². The molecule has 3 heterocycles. The number of nitrogens with one attached hydrogen (secondary N) is 1. The van der Waals surface area contributed by atoms with Crippen LogP contribution < -0.4 is 10.7 Å². The summed E-state index contributed by atoms with van der Waals surface area (Å²) < 4.78 is 28.5. The number of pyridine rings is 1. The van der Waals surface area contributed by atoms with Crippen LogP contribution in [0.25, 0.3) is 10.6 Å². The van der Waals surface area contributed by atoms with Crippen molar-refractivity contribution in [2.24, 2.45) is 0 Å². The molecule has 1 atom stereocenters. The Morgan fingerprint density at radius 2 is 2.06 bits per heavy atom. The van der Waals surface area contributed by atoms with Gasteiger partial charge in [0.15, 0.2) is 11.4 Å². The van der Waals surface area contributed by atoms with Crippen molar-refractivity contribution in [1.82, 2.24) is 19.8 Å². The summed E-state index contributed by atoms with van der Waals surface area (Å²) in [5.41, 5.74) is -2.12. The van der Waals surface area contributed by atoms with E-state index >= 15 is 0 Å². The molecule has 0 saturated carbocycles. The highest BCUT2D eigenvalue weighted by molar-refractivity contribution is 7.15. The average molecular weight is 474 g/mol. The van der Waals surface area contributed by atoms with E-state index in [0.29, 0.717) is 4.88 Å². The topological polar surface area (TPSA) is 105 Å². The number of benzene rings is 1. The molecule has 1 aromatic carbocycles. The number of aromatic hydroxyl groups is 1. The maximum atomic E-state index is 14.0. The van der Waals surface area contributed by atoms with Crippen LogP contribution in [0.3, 0.4) is 0 Å². The second-order valence-electron chi connectivity index (χ2n) is 8.00. The highest BCUT2D eigenvalue weighted by Gasteiger charge is 2.45. The fraction of sp³-hybridized carbons (Fsp3) is 0.273. The van der Waals surface area contributed by atoms with E-state index in [-0.39, 0.29) is 34.8 Å². The average Bonchev–Trinajstić information content (AvgIpc) is 3.23. The molecule has 0 spiro atoms. The van der Waals surface area contributed by atoms with Crippen molar-refractivity contribution in [3.8, 4) is 16.3 Å². The van der Waals surface area contributed by atoms with Crippen molar-refractivity contribution in [3.05, 3.63) is 68.6 Å². The maximum absolute atomic E-state index is 14.0. The Kier molecular flexibility index (Phi) is 5.52. The lowest BCUT2D eigenvalue weighted by molar-refractivity contribution is -0.129. The molecule has 11 heteroatoms. The molecule has 4 rings (SSSR count).